The Bertz CT molecular complexity index is 888. The van der Waals surface area contributed by atoms with Gasteiger partial charge in [-0.05, 0) is 35.4 Å². The number of hydrogen-bond acceptors (Lipinski definition) is 4. The Morgan fingerprint density at radius 1 is 1.11 bits per heavy atom. The van der Waals surface area contributed by atoms with Gasteiger partial charge in [-0.2, -0.15) is 0 Å². The molecule has 1 amide bonds. The number of nitrogens with one attached hydrogen (secondary N) is 1. The predicted octanol–water partition coefficient (Wildman–Crippen LogP) is 3.14. The first-order valence-electron chi connectivity index (χ1n) is 8.72. The SMILES string of the molecule is COCCn1cncc1CNC(=O)c1ccc(-c2cccc(OC)c2)cc1. The molecule has 6 heteroatoms. The second-order valence-electron chi connectivity index (χ2n) is 6.06. The van der Waals surface area contributed by atoms with Gasteiger partial charge in [-0.15, -0.1) is 0 Å². The highest BCUT2D eigenvalue weighted by molar-refractivity contribution is 5.94. The van der Waals surface area contributed by atoms with Crippen molar-refractivity contribution < 1.29 is 14.3 Å². The van der Waals surface area contributed by atoms with Gasteiger partial charge < -0.3 is 19.4 Å². The predicted molar refractivity (Wildman–Crippen MR) is 104 cm³/mol. The minimum absolute atomic E-state index is 0.119. The molecule has 0 bridgehead atoms. The van der Waals surface area contributed by atoms with E-state index in [0.29, 0.717) is 25.3 Å². The van der Waals surface area contributed by atoms with Crippen LogP contribution in [-0.4, -0.2) is 36.3 Å². The van der Waals surface area contributed by atoms with E-state index < -0.39 is 0 Å². The zero-order valence-electron chi connectivity index (χ0n) is 15.5. The van der Waals surface area contributed by atoms with Crippen molar-refractivity contribution in [1.29, 1.82) is 0 Å². The average Bonchev–Trinajstić information content (AvgIpc) is 3.18. The molecule has 0 aliphatic rings. The largest absolute Gasteiger partial charge is 0.497 e. The maximum absolute atomic E-state index is 12.4. The number of aromatic nitrogens is 2. The standard InChI is InChI=1S/C21H23N3O3/c1-26-11-10-24-15-22-13-19(24)14-23-21(25)17-8-6-16(7-9-17)18-4-3-5-20(12-18)27-2/h3-9,12-13,15H,10-11,14H2,1-2H3,(H,23,25). The summed E-state index contributed by atoms with van der Waals surface area (Å²) in [4.78, 5) is 16.6. The van der Waals surface area contributed by atoms with E-state index in [9.17, 15) is 4.79 Å². The Labute approximate surface area is 158 Å². The van der Waals surface area contributed by atoms with Gasteiger partial charge in [-0.3, -0.25) is 4.79 Å². The molecule has 0 aliphatic carbocycles. The summed E-state index contributed by atoms with van der Waals surface area (Å²) in [5.74, 6) is 0.686. The van der Waals surface area contributed by atoms with Gasteiger partial charge in [-0.25, -0.2) is 4.98 Å². The summed E-state index contributed by atoms with van der Waals surface area (Å²) in [6, 6.07) is 15.4. The third-order valence-corrected chi connectivity index (χ3v) is 4.32. The number of carbonyl (C=O) groups excluding carboxylic acids is 1. The fourth-order valence-corrected chi connectivity index (χ4v) is 2.78. The second kappa shape index (κ2) is 9.00. The molecule has 140 valence electrons. The third kappa shape index (κ3) is 4.74. The minimum atomic E-state index is -0.119. The fraction of sp³-hybridized carbons (Fsp3) is 0.238. The van der Waals surface area contributed by atoms with Crippen LogP contribution >= 0.6 is 0 Å². The van der Waals surface area contributed by atoms with Gasteiger partial charge in [-0.1, -0.05) is 24.3 Å². The summed E-state index contributed by atoms with van der Waals surface area (Å²) in [5.41, 5.74) is 3.63. The first-order valence-corrected chi connectivity index (χ1v) is 8.72. The van der Waals surface area contributed by atoms with Crippen molar-refractivity contribution in [3.05, 3.63) is 72.3 Å². The molecule has 1 aromatic heterocycles. The van der Waals surface area contributed by atoms with Crippen molar-refractivity contribution in [3.63, 3.8) is 0 Å². The van der Waals surface area contributed by atoms with Crippen molar-refractivity contribution in [2.45, 2.75) is 13.1 Å². The summed E-state index contributed by atoms with van der Waals surface area (Å²) in [6.07, 6.45) is 3.49. The number of nitrogens with zero attached hydrogens (tertiary/aromatic N) is 2. The highest BCUT2D eigenvalue weighted by Gasteiger charge is 2.08. The maximum Gasteiger partial charge on any atom is 0.251 e. The van der Waals surface area contributed by atoms with Crippen LogP contribution in [0.5, 0.6) is 5.75 Å². The van der Waals surface area contributed by atoms with E-state index in [1.54, 1.807) is 26.7 Å². The van der Waals surface area contributed by atoms with Crippen molar-refractivity contribution >= 4 is 5.91 Å². The van der Waals surface area contributed by atoms with Crippen molar-refractivity contribution in [2.75, 3.05) is 20.8 Å². The summed E-state index contributed by atoms with van der Waals surface area (Å²) < 4.78 is 12.3. The molecule has 27 heavy (non-hydrogen) atoms. The number of amides is 1. The quantitative estimate of drug-likeness (QED) is 0.666. The Morgan fingerprint density at radius 3 is 2.67 bits per heavy atom. The molecule has 3 rings (SSSR count). The highest BCUT2D eigenvalue weighted by atomic mass is 16.5. The number of methoxy groups -OCH3 is 2. The van der Waals surface area contributed by atoms with Crippen LogP contribution in [0.25, 0.3) is 11.1 Å². The van der Waals surface area contributed by atoms with Crippen LogP contribution in [0, 0.1) is 0 Å². The minimum Gasteiger partial charge on any atom is -0.497 e. The molecule has 2 aromatic carbocycles. The van der Waals surface area contributed by atoms with Crippen LogP contribution in [0.3, 0.4) is 0 Å². The number of benzene rings is 2. The van der Waals surface area contributed by atoms with Crippen molar-refractivity contribution in [2.24, 2.45) is 0 Å². The van der Waals surface area contributed by atoms with Gasteiger partial charge in [0.2, 0.25) is 0 Å². The zero-order valence-corrected chi connectivity index (χ0v) is 15.5. The molecule has 3 aromatic rings. The van der Waals surface area contributed by atoms with E-state index in [-0.39, 0.29) is 5.91 Å². The average molecular weight is 365 g/mol. The van der Waals surface area contributed by atoms with Gasteiger partial charge in [0.15, 0.2) is 0 Å². The molecular weight excluding hydrogens is 342 g/mol. The Balaban J connectivity index is 1.63. The van der Waals surface area contributed by atoms with Crippen LogP contribution in [0.2, 0.25) is 0 Å². The number of rotatable bonds is 8. The number of ether oxygens (including phenoxy) is 2. The van der Waals surface area contributed by atoms with E-state index >= 15 is 0 Å². The van der Waals surface area contributed by atoms with Crippen LogP contribution in [-0.2, 0) is 17.8 Å². The van der Waals surface area contributed by atoms with Gasteiger partial charge in [0.05, 0.1) is 32.3 Å². The maximum atomic E-state index is 12.4. The highest BCUT2D eigenvalue weighted by Crippen LogP contribution is 2.24. The van der Waals surface area contributed by atoms with E-state index in [2.05, 4.69) is 10.3 Å². The van der Waals surface area contributed by atoms with Crippen LogP contribution in [0.15, 0.2) is 61.1 Å². The molecule has 0 fully saturated rings. The van der Waals surface area contributed by atoms with Crippen LogP contribution in [0.1, 0.15) is 16.1 Å². The molecule has 6 nitrogen and oxygen atoms in total. The van der Waals surface area contributed by atoms with Crippen LogP contribution in [0.4, 0.5) is 0 Å². The lowest BCUT2D eigenvalue weighted by Crippen LogP contribution is -2.24. The van der Waals surface area contributed by atoms with E-state index in [1.807, 2.05) is 53.1 Å². The molecule has 1 N–H and O–H groups in total. The molecule has 0 spiro atoms. The number of hydrogen-bond donors (Lipinski definition) is 1. The second-order valence-corrected chi connectivity index (χ2v) is 6.06. The third-order valence-electron chi connectivity index (χ3n) is 4.32. The molecule has 0 saturated heterocycles. The molecule has 1 heterocycles. The molecular formula is C21H23N3O3. The molecule has 0 atom stereocenters. The van der Waals surface area contributed by atoms with Gasteiger partial charge in [0.1, 0.15) is 5.75 Å². The fourth-order valence-electron chi connectivity index (χ4n) is 2.78. The monoisotopic (exact) mass is 365 g/mol. The first-order chi connectivity index (χ1) is 13.2. The normalized spacial score (nSPS) is 10.6. The van der Waals surface area contributed by atoms with Crippen LogP contribution < -0.4 is 10.1 Å². The molecule has 0 unspecified atom stereocenters. The summed E-state index contributed by atoms with van der Waals surface area (Å²) in [5, 5.41) is 2.94. The Kier molecular flexibility index (Phi) is 6.22. The summed E-state index contributed by atoms with van der Waals surface area (Å²) in [6.45, 7) is 1.72. The van der Waals surface area contributed by atoms with Gasteiger partial charge >= 0.3 is 0 Å². The lowest BCUT2D eigenvalue weighted by molar-refractivity contribution is 0.0950. The first kappa shape index (κ1) is 18.7. The lowest BCUT2D eigenvalue weighted by atomic mass is 10.0. The number of imidazole rings is 1. The van der Waals surface area contributed by atoms with E-state index in [4.69, 9.17) is 9.47 Å². The summed E-state index contributed by atoms with van der Waals surface area (Å²) in [7, 11) is 3.31. The van der Waals surface area contributed by atoms with Gasteiger partial charge in [0, 0.05) is 25.4 Å². The van der Waals surface area contributed by atoms with Crippen molar-refractivity contribution in [3.8, 4) is 16.9 Å². The summed E-state index contributed by atoms with van der Waals surface area (Å²) >= 11 is 0. The van der Waals surface area contributed by atoms with E-state index in [0.717, 1.165) is 22.6 Å². The molecule has 0 radical (unpaired) electrons. The smallest absolute Gasteiger partial charge is 0.251 e. The lowest BCUT2D eigenvalue weighted by Gasteiger charge is -2.10. The zero-order chi connectivity index (χ0) is 19.1. The Hall–Kier alpha value is -3.12. The topological polar surface area (TPSA) is 65.4 Å². The van der Waals surface area contributed by atoms with Gasteiger partial charge in [0.25, 0.3) is 5.91 Å². The molecule has 0 aliphatic heterocycles. The number of carbonyl (C=O) groups is 1. The van der Waals surface area contributed by atoms with E-state index in [1.165, 1.54) is 0 Å². The van der Waals surface area contributed by atoms with Crippen molar-refractivity contribution in [1.82, 2.24) is 14.9 Å². The molecule has 0 saturated carbocycles. The Morgan fingerprint density at radius 2 is 1.93 bits per heavy atom.